The Morgan fingerprint density at radius 3 is 2.44 bits per heavy atom. The molecule has 1 N–H and O–H groups in total. The molecule has 0 amide bonds. The van der Waals surface area contributed by atoms with E-state index < -0.39 is 4.92 Å². The summed E-state index contributed by atoms with van der Waals surface area (Å²) in [4.78, 5) is 10.9. The highest BCUT2D eigenvalue weighted by molar-refractivity contribution is 5.76. The fourth-order valence-electron chi connectivity index (χ4n) is 2.41. The van der Waals surface area contributed by atoms with Crippen molar-refractivity contribution in [1.82, 2.24) is 0 Å². The topological polar surface area (TPSA) is 88.1 Å². The maximum Gasteiger partial charge on any atom is 0.297 e. The monoisotopic (exact) mass is 333 g/mol. The van der Waals surface area contributed by atoms with Crippen LogP contribution in [-0.2, 0) is 0 Å². The van der Waals surface area contributed by atoms with Crippen LogP contribution in [0.2, 0.25) is 0 Å². The van der Waals surface area contributed by atoms with Gasteiger partial charge in [0, 0.05) is 11.6 Å². The van der Waals surface area contributed by atoms with E-state index in [4.69, 9.17) is 0 Å². The van der Waals surface area contributed by atoms with E-state index in [1.54, 1.807) is 36.4 Å². The molecule has 0 radical (unpaired) electrons. The Morgan fingerprint density at radius 1 is 0.960 bits per heavy atom. The van der Waals surface area contributed by atoms with Gasteiger partial charge in [-0.25, -0.2) is 0 Å². The van der Waals surface area contributed by atoms with Crippen LogP contribution < -0.4 is 0 Å². The molecular formula is C19H15N3O3. The zero-order chi connectivity index (χ0) is 17.8. The van der Waals surface area contributed by atoms with E-state index in [-0.39, 0.29) is 17.1 Å². The molecule has 0 heterocycles. The number of rotatable bonds is 4. The molecule has 3 aromatic rings. The number of phenolic OH excluding ortho intramolecular Hbond substituents is 1. The fourth-order valence-corrected chi connectivity index (χ4v) is 2.41. The predicted octanol–water partition coefficient (Wildman–Crippen LogP) is 5.69. The Kier molecular flexibility index (Phi) is 4.52. The van der Waals surface area contributed by atoms with Crippen LogP contribution >= 0.6 is 0 Å². The first-order valence-electron chi connectivity index (χ1n) is 7.60. The average molecular weight is 333 g/mol. The number of benzene rings is 3. The van der Waals surface area contributed by atoms with Crippen LogP contribution in [0.15, 0.2) is 77.0 Å². The van der Waals surface area contributed by atoms with E-state index in [9.17, 15) is 15.2 Å². The van der Waals surface area contributed by atoms with Crippen molar-refractivity contribution in [1.29, 1.82) is 0 Å². The number of hydrogen-bond acceptors (Lipinski definition) is 5. The van der Waals surface area contributed by atoms with Gasteiger partial charge in [-0.2, -0.15) is 5.11 Å². The molecule has 0 aliphatic carbocycles. The molecule has 0 atom stereocenters. The van der Waals surface area contributed by atoms with Crippen molar-refractivity contribution < 1.29 is 10.0 Å². The molecule has 0 fully saturated rings. The SMILES string of the molecule is Cc1ccc(O)c(-c2ccc(/N=N/c3ccccc3)c([N+](=O)[O-])c2)c1. The summed E-state index contributed by atoms with van der Waals surface area (Å²) in [5.41, 5.74) is 2.63. The van der Waals surface area contributed by atoms with Crippen molar-refractivity contribution in [3.05, 3.63) is 82.4 Å². The van der Waals surface area contributed by atoms with Crippen molar-refractivity contribution in [3.8, 4) is 16.9 Å². The lowest BCUT2D eigenvalue weighted by molar-refractivity contribution is -0.384. The second-order valence-corrected chi connectivity index (χ2v) is 5.52. The molecule has 0 aliphatic heterocycles. The van der Waals surface area contributed by atoms with Gasteiger partial charge in [0.2, 0.25) is 0 Å². The number of nitro groups is 1. The first-order chi connectivity index (χ1) is 12.0. The summed E-state index contributed by atoms with van der Waals surface area (Å²) in [5, 5.41) is 29.5. The Balaban J connectivity index is 2.03. The molecule has 0 spiro atoms. The first-order valence-corrected chi connectivity index (χ1v) is 7.60. The zero-order valence-electron chi connectivity index (χ0n) is 13.5. The Bertz CT molecular complexity index is 953. The number of phenols is 1. The number of nitrogens with zero attached hydrogens (tertiary/aromatic N) is 3. The molecule has 124 valence electrons. The molecule has 6 nitrogen and oxygen atoms in total. The molecule has 25 heavy (non-hydrogen) atoms. The van der Waals surface area contributed by atoms with E-state index in [1.165, 1.54) is 12.1 Å². The number of aromatic hydroxyl groups is 1. The molecule has 3 rings (SSSR count). The molecular weight excluding hydrogens is 318 g/mol. The second-order valence-electron chi connectivity index (χ2n) is 5.52. The molecule has 0 unspecified atom stereocenters. The molecule has 0 aliphatic rings. The van der Waals surface area contributed by atoms with E-state index in [0.29, 0.717) is 16.8 Å². The molecule has 0 aromatic heterocycles. The number of hydrogen-bond donors (Lipinski definition) is 1. The van der Waals surface area contributed by atoms with Gasteiger partial charge >= 0.3 is 0 Å². The summed E-state index contributed by atoms with van der Waals surface area (Å²) >= 11 is 0. The summed E-state index contributed by atoms with van der Waals surface area (Å²) in [5.74, 6) is 0.0681. The standard InChI is InChI=1S/C19H15N3O3/c1-13-7-10-19(23)16(11-13)14-8-9-17(18(12-14)22(24)25)21-20-15-5-3-2-4-6-15/h2-12,23H,1H3/b21-20+. The third-order valence-corrected chi connectivity index (χ3v) is 3.66. The van der Waals surface area contributed by atoms with Crippen LogP contribution in [0.25, 0.3) is 11.1 Å². The molecule has 3 aromatic carbocycles. The summed E-state index contributed by atoms with van der Waals surface area (Å²) in [7, 11) is 0. The average Bonchev–Trinajstić information content (AvgIpc) is 2.62. The van der Waals surface area contributed by atoms with Crippen LogP contribution in [-0.4, -0.2) is 10.0 Å². The van der Waals surface area contributed by atoms with Gasteiger partial charge in [-0.15, -0.1) is 5.11 Å². The minimum absolute atomic E-state index is 0.0681. The Labute approximate surface area is 144 Å². The van der Waals surface area contributed by atoms with Gasteiger partial charge in [-0.1, -0.05) is 35.9 Å². The van der Waals surface area contributed by atoms with Crippen molar-refractivity contribution in [2.24, 2.45) is 10.2 Å². The highest BCUT2D eigenvalue weighted by atomic mass is 16.6. The van der Waals surface area contributed by atoms with Crippen LogP contribution in [0.5, 0.6) is 5.75 Å². The smallest absolute Gasteiger partial charge is 0.297 e. The number of aryl methyl sites for hydroxylation is 1. The molecule has 0 bridgehead atoms. The quantitative estimate of drug-likeness (QED) is 0.378. The van der Waals surface area contributed by atoms with Crippen molar-refractivity contribution in [3.63, 3.8) is 0 Å². The molecule has 0 saturated heterocycles. The molecule has 0 saturated carbocycles. The van der Waals surface area contributed by atoms with Gasteiger partial charge in [0.25, 0.3) is 5.69 Å². The minimum atomic E-state index is -0.504. The zero-order valence-corrected chi connectivity index (χ0v) is 13.5. The van der Waals surface area contributed by atoms with Gasteiger partial charge in [0.15, 0.2) is 5.69 Å². The van der Waals surface area contributed by atoms with Gasteiger partial charge in [0.05, 0.1) is 10.6 Å². The highest BCUT2D eigenvalue weighted by Gasteiger charge is 2.16. The number of azo groups is 1. The van der Waals surface area contributed by atoms with Crippen LogP contribution in [0, 0.1) is 17.0 Å². The van der Waals surface area contributed by atoms with E-state index >= 15 is 0 Å². The summed E-state index contributed by atoms with van der Waals surface area (Å²) in [6, 6.07) is 18.7. The third kappa shape index (κ3) is 3.69. The normalized spacial score (nSPS) is 10.9. The summed E-state index contributed by atoms with van der Waals surface area (Å²) in [6.45, 7) is 1.89. The number of nitro benzene ring substituents is 1. The maximum absolute atomic E-state index is 11.4. The largest absolute Gasteiger partial charge is 0.507 e. The lowest BCUT2D eigenvalue weighted by Crippen LogP contribution is -1.90. The second kappa shape index (κ2) is 6.92. The third-order valence-electron chi connectivity index (χ3n) is 3.66. The van der Waals surface area contributed by atoms with E-state index in [2.05, 4.69) is 10.2 Å². The van der Waals surface area contributed by atoms with Crippen LogP contribution in [0.1, 0.15) is 5.56 Å². The van der Waals surface area contributed by atoms with E-state index in [0.717, 1.165) is 5.56 Å². The van der Waals surface area contributed by atoms with Gasteiger partial charge in [0.1, 0.15) is 5.75 Å². The van der Waals surface area contributed by atoms with Gasteiger partial charge in [-0.3, -0.25) is 10.1 Å². The van der Waals surface area contributed by atoms with Crippen molar-refractivity contribution in [2.45, 2.75) is 6.92 Å². The Hall–Kier alpha value is -3.54. The maximum atomic E-state index is 11.4. The summed E-state index contributed by atoms with van der Waals surface area (Å²) in [6.07, 6.45) is 0. The lowest BCUT2D eigenvalue weighted by Gasteiger charge is -2.07. The highest BCUT2D eigenvalue weighted by Crippen LogP contribution is 2.37. The summed E-state index contributed by atoms with van der Waals surface area (Å²) < 4.78 is 0. The van der Waals surface area contributed by atoms with E-state index in [1.807, 2.05) is 25.1 Å². The molecule has 6 heteroatoms. The van der Waals surface area contributed by atoms with Crippen LogP contribution in [0.4, 0.5) is 17.1 Å². The predicted molar refractivity (Wildman–Crippen MR) is 95.6 cm³/mol. The van der Waals surface area contributed by atoms with Crippen LogP contribution in [0.3, 0.4) is 0 Å². The first kappa shape index (κ1) is 16.3. The lowest BCUT2D eigenvalue weighted by atomic mass is 10.0. The Morgan fingerprint density at radius 2 is 1.72 bits per heavy atom. The van der Waals surface area contributed by atoms with Crippen molar-refractivity contribution in [2.75, 3.05) is 0 Å². The van der Waals surface area contributed by atoms with Gasteiger partial charge in [-0.05, 0) is 42.8 Å². The van der Waals surface area contributed by atoms with Gasteiger partial charge < -0.3 is 5.11 Å². The minimum Gasteiger partial charge on any atom is -0.507 e. The fraction of sp³-hybridized carbons (Fsp3) is 0.0526. The van der Waals surface area contributed by atoms with Crippen molar-refractivity contribution >= 4 is 17.1 Å².